The first-order valence-electron chi connectivity index (χ1n) is 3.62. The Morgan fingerprint density at radius 1 is 1.60 bits per heavy atom. The molecular weight excluding hydrogens is 210 g/mol. The molecule has 5 nitrogen and oxygen atoms in total. The van der Waals surface area contributed by atoms with Crippen molar-refractivity contribution >= 4 is 5.97 Å². The Bertz CT molecular complexity index is 454. The molecule has 1 heterocycles. The highest BCUT2D eigenvalue weighted by molar-refractivity contribution is 5.88. The van der Waals surface area contributed by atoms with Crippen LogP contribution in [0.15, 0.2) is 6.07 Å². The van der Waals surface area contributed by atoms with Crippen molar-refractivity contribution in [1.29, 1.82) is 5.26 Å². The van der Waals surface area contributed by atoms with Crippen LogP contribution >= 0.6 is 0 Å². The first-order chi connectivity index (χ1) is 6.97. The van der Waals surface area contributed by atoms with Gasteiger partial charge in [-0.3, -0.25) is 0 Å². The van der Waals surface area contributed by atoms with Crippen LogP contribution in [0.25, 0.3) is 0 Å². The number of nitrogens with zero attached hydrogens (tertiary/aromatic N) is 2. The van der Waals surface area contributed by atoms with Crippen LogP contribution in [0.4, 0.5) is 8.78 Å². The lowest BCUT2D eigenvalue weighted by atomic mass is 10.1. The lowest BCUT2D eigenvalue weighted by Gasteiger charge is -2.04. The minimum atomic E-state index is -3.07. The molecular formula is C8H4F2N2O3. The molecule has 0 aliphatic rings. The molecule has 0 aliphatic carbocycles. The molecule has 0 amide bonds. The first-order valence-corrected chi connectivity index (χ1v) is 3.62. The number of alkyl halides is 2. The lowest BCUT2D eigenvalue weighted by molar-refractivity contribution is 0.0685. The van der Waals surface area contributed by atoms with Crippen molar-refractivity contribution in [3.8, 4) is 11.8 Å². The Labute approximate surface area is 82.2 Å². The molecule has 0 radical (unpaired) electrons. The molecule has 0 unspecified atom stereocenters. The maximum atomic E-state index is 12.3. The third-order valence-corrected chi connectivity index (χ3v) is 1.56. The Balaban J connectivity index is 3.45. The zero-order valence-electron chi connectivity index (χ0n) is 7.11. The van der Waals surface area contributed by atoms with Gasteiger partial charge in [0.15, 0.2) is 5.69 Å². The van der Waals surface area contributed by atoms with Gasteiger partial charge in [0.1, 0.15) is 17.5 Å². The van der Waals surface area contributed by atoms with Crippen LogP contribution in [0.2, 0.25) is 0 Å². The van der Waals surface area contributed by atoms with E-state index in [2.05, 4.69) is 4.98 Å². The van der Waals surface area contributed by atoms with Crippen LogP contribution in [0.1, 0.15) is 28.2 Å². The van der Waals surface area contributed by atoms with E-state index in [1.165, 1.54) is 6.07 Å². The molecule has 7 heteroatoms. The van der Waals surface area contributed by atoms with Gasteiger partial charge < -0.3 is 10.2 Å². The molecule has 0 saturated heterocycles. The molecule has 0 spiro atoms. The summed E-state index contributed by atoms with van der Waals surface area (Å²) in [6.45, 7) is 0. The molecule has 0 aliphatic heterocycles. The number of aromatic carboxylic acids is 1. The van der Waals surface area contributed by atoms with Crippen molar-refractivity contribution in [1.82, 2.24) is 4.98 Å². The van der Waals surface area contributed by atoms with Gasteiger partial charge in [-0.15, -0.1) is 0 Å². The lowest BCUT2D eigenvalue weighted by Crippen LogP contribution is -2.06. The van der Waals surface area contributed by atoms with E-state index < -0.39 is 35.1 Å². The quantitative estimate of drug-likeness (QED) is 0.773. The number of carboxylic acids is 1. The predicted octanol–water partition coefficient (Wildman–Crippen LogP) is 1.29. The van der Waals surface area contributed by atoms with Gasteiger partial charge in [0.2, 0.25) is 0 Å². The molecule has 1 aromatic heterocycles. The van der Waals surface area contributed by atoms with E-state index >= 15 is 0 Å². The molecule has 1 rings (SSSR count). The van der Waals surface area contributed by atoms with Gasteiger partial charge in [-0.25, -0.2) is 18.6 Å². The van der Waals surface area contributed by atoms with Gasteiger partial charge >= 0.3 is 5.97 Å². The van der Waals surface area contributed by atoms with Crippen LogP contribution in [0, 0.1) is 11.3 Å². The maximum Gasteiger partial charge on any atom is 0.358 e. The molecule has 15 heavy (non-hydrogen) atoms. The number of carboxylic acid groups (broad SMARTS) is 1. The standard InChI is InChI=1S/C8H4F2N2O3/c9-7(10)5-3(2-11)1-4(13)6(12-5)8(14)15/h1,7,13H,(H,14,15). The maximum absolute atomic E-state index is 12.3. The number of hydrogen-bond acceptors (Lipinski definition) is 4. The normalized spacial score (nSPS) is 10.0. The summed E-state index contributed by atoms with van der Waals surface area (Å²) in [6, 6.07) is 2.04. The highest BCUT2D eigenvalue weighted by atomic mass is 19.3. The zero-order chi connectivity index (χ0) is 11.6. The molecule has 0 aromatic carbocycles. The summed E-state index contributed by atoms with van der Waals surface area (Å²) in [5.41, 5.74) is -2.40. The summed E-state index contributed by atoms with van der Waals surface area (Å²) in [6.07, 6.45) is -3.07. The highest BCUT2D eigenvalue weighted by Gasteiger charge is 2.21. The fraction of sp³-hybridized carbons (Fsp3) is 0.125. The second-order valence-electron chi connectivity index (χ2n) is 2.51. The van der Waals surface area contributed by atoms with Gasteiger partial charge in [-0.05, 0) is 0 Å². The number of pyridine rings is 1. The van der Waals surface area contributed by atoms with Crippen molar-refractivity contribution in [2.45, 2.75) is 6.43 Å². The predicted molar refractivity (Wildman–Crippen MR) is 42.5 cm³/mol. The number of halogens is 2. The molecule has 0 atom stereocenters. The van der Waals surface area contributed by atoms with E-state index in [0.29, 0.717) is 6.07 Å². The molecule has 0 bridgehead atoms. The number of rotatable bonds is 2. The van der Waals surface area contributed by atoms with Gasteiger partial charge in [0.25, 0.3) is 6.43 Å². The third kappa shape index (κ3) is 1.99. The van der Waals surface area contributed by atoms with Gasteiger partial charge in [-0.2, -0.15) is 5.26 Å². The van der Waals surface area contributed by atoms with Crippen molar-refractivity contribution in [2.24, 2.45) is 0 Å². The number of hydrogen-bond donors (Lipinski definition) is 2. The second kappa shape index (κ2) is 3.88. The Hall–Kier alpha value is -2.23. The first kappa shape index (κ1) is 10.8. The summed E-state index contributed by atoms with van der Waals surface area (Å²) in [5, 5.41) is 26.0. The fourth-order valence-electron chi connectivity index (χ4n) is 0.930. The summed E-state index contributed by atoms with van der Waals surface area (Å²) in [7, 11) is 0. The van der Waals surface area contributed by atoms with E-state index in [4.69, 9.17) is 15.5 Å². The average molecular weight is 214 g/mol. The van der Waals surface area contributed by atoms with E-state index in [9.17, 15) is 13.6 Å². The van der Waals surface area contributed by atoms with Crippen LogP contribution in [-0.4, -0.2) is 21.2 Å². The summed E-state index contributed by atoms with van der Waals surface area (Å²) < 4.78 is 24.6. The summed E-state index contributed by atoms with van der Waals surface area (Å²) in [5.74, 6) is -2.46. The van der Waals surface area contributed by atoms with Crippen LogP contribution in [0.3, 0.4) is 0 Å². The van der Waals surface area contributed by atoms with Crippen LogP contribution < -0.4 is 0 Å². The molecule has 0 fully saturated rings. The zero-order valence-corrected chi connectivity index (χ0v) is 7.11. The van der Waals surface area contributed by atoms with Gasteiger partial charge in [-0.1, -0.05) is 0 Å². The number of nitriles is 1. The van der Waals surface area contributed by atoms with Crippen molar-refractivity contribution in [3.63, 3.8) is 0 Å². The largest absolute Gasteiger partial charge is 0.505 e. The van der Waals surface area contributed by atoms with Crippen molar-refractivity contribution in [3.05, 3.63) is 23.0 Å². The van der Waals surface area contributed by atoms with Crippen molar-refractivity contribution < 1.29 is 23.8 Å². The monoisotopic (exact) mass is 214 g/mol. The number of carbonyl (C=O) groups is 1. The topological polar surface area (TPSA) is 94.2 Å². The molecule has 2 N–H and O–H groups in total. The Kier molecular flexibility index (Phi) is 2.80. The van der Waals surface area contributed by atoms with E-state index in [0.717, 1.165) is 0 Å². The summed E-state index contributed by atoms with van der Waals surface area (Å²) in [4.78, 5) is 13.5. The minimum absolute atomic E-state index is 0.549. The Morgan fingerprint density at radius 2 is 2.20 bits per heavy atom. The Morgan fingerprint density at radius 3 is 2.60 bits per heavy atom. The van der Waals surface area contributed by atoms with Gasteiger partial charge in [0.05, 0.1) is 5.56 Å². The van der Waals surface area contributed by atoms with E-state index in [-0.39, 0.29) is 0 Å². The fourth-order valence-corrected chi connectivity index (χ4v) is 0.930. The number of aromatic nitrogens is 1. The van der Waals surface area contributed by atoms with E-state index in [1.54, 1.807) is 0 Å². The van der Waals surface area contributed by atoms with Crippen LogP contribution in [-0.2, 0) is 0 Å². The van der Waals surface area contributed by atoms with Crippen molar-refractivity contribution in [2.75, 3.05) is 0 Å². The highest BCUT2D eigenvalue weighted by Crippen LogP contribution is 2.25. The molecule has 78 valence electrons. The van der Waals surface area contributed by atoms with E-state index in [1.807, 2.05) is 0 Å². The third-order valence-electron chi connectivity index (χ3n) is 1.56. The molecule has 1 aromatic rings. The minimum Gasteiger partial charge on any atom is -0.505 e. The number of aromatic hydroxyl groups is 1. The SMILES string of the molecule is N#Cc1cc(O)c(C(=O)O)nc1C(F)F. The van der Waals surface area contributed by atoms with Crippen LogP contribution in [0.5, 0.6) is 5.75 Å². The summed E-state index contributed by atoms with van der Waals surface area (Å²) >= 11 is 0. The average Bonchev–Trinajstić information content (AvgIpc) is 2.16. The second-order valence-corrected chi connectivity index (χ2v) is 2.51. The van der Waals surface area contributed by atoms with Gasteiger partial charge in [0, 0.05) is 6.07 Å². The molecule has 0 saturated carbocycles. The smallest absolute Gasteiger partial charge is 0.358 e.